The molecule has 0 radical (unpaired) electrons. The number of carboxylic acid groups (broad SMARTS) is 1. The highest BCUT2D eigenvalue weighted by Gasteiger charge is 2.41. The minimum atomic E-state index is -1.21. The Morgan fingerprint density at radius 1 is 0.929 bits per heavy atom. The Bertz CT molecular complexity index is 838. The van der Waals surface area contributed by atoms with Crippen molar-refractivity contribution in [1.82, 2.24) is 5.32 Å². The molecule has 4 rings (SSSR count). The molecule has 5 nitrogen and oxygen atoms in total. The third-order valence-corrected chi connectivity index (χ3v) is 6.05. The summed E-state index contributed by atoms with van der Waals surface area (Å²) in [6, 6.07) is 16.3. The topological polar surface area (TPSA) is 75.6 Å². The van der Waals surface area contributed by atoms with Crippen LogP contribution in [-0.2, 0) is 9.53 Å². The van der Waals surface area contributed by atoms with Gasteiger partial charge in [0, 0.05) is 5.92 Å². The summed E-state index contributed by atoms with van der Waals surface area (Å²) >= 11 is 0. The fourth-order valence-electron chi connectivity index (χ4n) is 4.55. The molecule has 0 atom stereocenters. The number of ether oxygens (including phenoxy) is 1. The first-order valence-corrected chi connectivity index (χ1v) is 9.97. The minimum Gasteiger partial charge on any atom is -0.480 e. The average Bonchev–Trinajstić information content (AvgIpc) is 2.84. The van der Waals surface area contributed by atoms with Crippen molar-refractivity contribution >= 4 is 12.1 Å². The summed E-state index contributed by atoms with van der Waals surface area (Å²) in [5.41, 5.74) is 3.40. The molecule has 2 aliphatic rings. The van der Waals surface area contributed by atoms with Crippen LogP contribution in [0.2, 0.25) is 0 Å². The molecule has 0 spiro atoms. The predicted octanol–water partition coefficient (Wildman–Crippen LogP) is 4.70. The summed E-state index contributed by atoms with van der Waals surface area (Å²) in [5.74, 6) is -1.00. The molecule has 0 aromatic heterocycles. The molecule has 1 fully saturated rings. The maximum atomic E-state index is 12.5. The quantitative estimate of drug-likeness (QED) is 0.755. The Kier molecular flexibility index (Phi) is 5.07. The van der Waals surface area contributed by atoms with Crippen LogP contribution in [-0.4, -0.2) is 29.3 Å². The van der Waals surface area contributed by atoms with Crippen LogP contribution in [0, 0.1) is 0 Å². The number of fused-ring (bicyclic) bond motifs is 3. The minimum absolute atomic E-state index is 0.0342. The average molecular weight is 379 g/mol. The number of alkyl carbamates (subject to hydrolysis) is 1. The van der Waals surface area contributed by atoms with Gasteiger partial charge < -0.3 is 15.2 Å². The fraction of sp³-hybridized carbons (Fsp3) is 0.391. The van der Waals surface area contributed by atoms with Crippen molar-refractivity contribution in [3.8, 4) is 11.1 Å². The van der Waals surface area contributed by atoms with Gasteiger partial charge in [0.05, 0.1) is 0 Å². The van der Waals surface area contributed by atoms with E-state index in [2.05, 4.69) is 29.6 Å². The molecule has 0 unspecified atom stereocenters. The number of carboxylic acids is 1. The van der Waals surface area contributed by atoms with E-state index in [0.717, 1.165) is 47.9 Å². The van der Waals surface area contributed by atoms with Gasteiger partial charge in [-0.3, -0.25) is 0 Å². The van der Waals surface area contributed by atoms with Crippen LogP contribution in [0.3, 0.4) is 0 Å². The van der Waals surface area contributed by atoms with Crippen LogP contribution < -0.4 is 5.32 Å². The fourth-order valence-corrected chi connectivity index (χ4v) is 4.55. The lowest BCUT2D eigenvalue weighted by molar-refractivity contribution is -0.145. The predicted molar refractivity (Wildman–Crippen MR) is 106 cm³/mol. The van der Waals surface area contributed by atoms with Gasteiger partial charge >= 0.3 is 12.1 Å². The zero-order valence-corrected chi connectivity index (χ0v) is 15.8. The van der Waals surface area contributed by atoms with Gasteiger partial charge in [-0.15, -0.1) is 0 Å². The molecule has 0 saturated heterocycles. The molecule has 2 aliphatic carbocycles. The van der Waals surface area contributed by atoms with Crippen molar-refractivity contribution in [2.24, 2.45) is 0 Å². The van der Waals surface area contributed by atoms with Crippen molar-refractivity contribution in [2.45, 2.75) is 50.0 Å². The van der Waals surface area contributed by atoms with E-state index in [9.17, 15) is 14.7 Å². The van der Waals surface area contributed by atoms with E-state index in [1.54, 1.807) is 0 Å². The zero-order chi connectivity index (χ0) is 19.6. The summed E-state index contributed by atoms with van der Waals surface area (Å²) in [5, 5.41) is 12.4. The lowest BCUT2D eigenvalue weighted by Gasteiger charge is -2.29. The summed E-state index contributed by atoms with van der Waals surface area (Å²) in [7, 11) is 0. The molecule has 5 heteroatoms. The van der Waals surface area contributed by atoms with E-state index in [4.69, 9.17) is 4.74 Å². The van der Waals surface area contributed by atoms with E-state index >= 15 is 0 Å². The SMILES string of the molecule is O=C(NC1(C(=O)O)CCCCCC1)OCC1c2ccccc2-c2ccccc21. The first kappa shape index (κ1) is 18.5. The maximum absolute atomic E-state index is 12.5. The molecule has 28 heavy (non-hydrogen) atoms. The Balaban J connectivity index is 1.48. The number of nitrogens with one attached hydrogen (secondary N) is 1. The zero-order valence-electron chi connectivity index (χ0n) is 15.8. The monoisotopic (exact) mass is 379 g/mol. The number of amides is 1. The van der Waals surface area contributed by atoms with Gasteiger partial charge in [0.15, 0.2) is 0 Å². The molecule has 1 amide bonds. The molecule has 146 valence electrons. The van der Waals surface area contributed by atoms with Crippen molar-refractivity contribution in [2.75, 3.05) is 6.61 Å². The standard InChI is InChI=1S/C23H25NO4/c25-21(26)23(13-7-1-2-8-14-23)24-22(27)28-15-20-18-11-5-3-9-16(18)17-10-4-6-12-19(17)20/h3-6,9-12,20H,1-2,7-8,13-15H2,(H,24,27)(H,25,26). The van der Waals surface area contributed by atoms with Crippen LogP contribution in [0.1, 0.15) is 55.6 Å². The van der Waals surface area contributed by atoms with Gasteiger partial charge in [0.25, 0.3) is 0 Å². The van der Waals surface area contributed by atoms with Crippen LogP contribution in [0.5, 0.6) is 0 Å². The number of rotatable bonds is 4. The molecule has 1 saturated carbocycles. The largest absolute Gasteiger partial charge is 0.480 e. The normalized spacial score (nSPS) is 17.9. The second-order valence-electron chi connectivity index (χ2n) is 7.75. The summed E-state index contributed by atoms with van der Waals surface area (Å²) < 4.78 is 5.55. The summed E-state index contributed by atoms with van der Waals surface area (Å²) in [6.07, 6.45) is 3.86. The maximum Gasteiger partial charge on any atom is 0.408 e. The summed E-state index contributed by atoms with van der Waals surface area (Å²) in [4.78, 5) is 24.4. The van der Waals surface area contributed by atoms with Gasteiger partial charge in [-0.1, -0.05) is 74.2 Å². The van der Waals surface area contributed by atoms with Crippen molar-refractivity contribution < 1.29 is 19.4 Å². The number of hydrogen-bond donors (Lipinski definition) is 2. The van der Waals surface area contributed by atoms with E-state index in [-0.39, 0.29) is 12.5 Å². The Hall–Kier alpha value is -2.82. The number of carbonyl (C=O) groups excluding carboxylic acids is 1. The van der Waals surface area contributed by atoms with Gasteiger partial charge in [-0.25, -0.2) is 9.59 Å². The first-order chi connectivity index (χ1) is 13.6. The highest BCUT2D eigenvalue weighted by atomic mass is 16.5. The third kappa shape index (κ3) is 3.37. The van der Waals surface area contributed by atoms with Crippen LogP contribution in [0.4, 0.5) is 4.79 Å². The Morgan fingerprint density at radius 2 is 1.46 bits per heavy atom. The summed E-state index contributed by atoms with van der Waals surface area (Å²) in [6.45, 7) is 0.190. The molecule has 0 heterocycles. The van der Waals surface area contributed by atoms with Crippen molar-refractivity contribution in [1.29, 1.82) is 0 Å². The van der Waals surface area contributed by atoms with Crippen LogP contribution >= 0.6 is 0 Å². The second kappa shape index (κ2) is 7.66. The van der Waals surface area contributed by atoms with E-state index in [1.165, 1.54) is 0 Å². The smallest absolute Gasteiger partial charge is 0.408 e. The van der Waals surface area contributed by atoms with Gasteiger partial charge in [-0.05, 0) is 35.1 Å². The number of carbonyl (C=O) groups is 2. The van der Waals surface area contributed by atoms with Gasteiger partial charge in [0.1, 0.15) is 12.1 Å². The number of hydrogen-bond acceptors (Lipinski definition) is 3. The second-order valence-corrected chi connectivity index (χ2v) is 7.75. The molecule has 0 aliphatic heterocycles. The number of aliphatic carboxylic acids is 1. The van der Waals surface area contributed by atoms with Crippen molar-refractivity contribution in [3.63, 3.8) is 0 Å². The van der Waals surface area contributed by atoms with Crippen molar-refractivity contribution in [3.05, 3.63) is 59.7 Å². The van der Waals surface area contributed by atoms with E-state index in [0.29, 0.717) is 12.8 Å². The molecular formula is C23H25NO4. The third-order valence-electron chi connectivity index (χ3n) is 6.05. The van der Waals surface area contributed by atoms with Gasteiger partial charge in [-0.2, -0.15) is 0 Å². The Morgan fingerprint density at radius 3 is 2.00 bits per heavy atom. The number of benzene rings is 2. The highest BCUT2D eigenvalue weighted by Crippen LogP contribution is 2.44. The highest BCUT2D eigenvalue weighted by molar-refractivity contribution is 5.84. The van der Waals surface area contributed by atoms with Crippen LogP contribution in [0.25, 0.3) is 11.1 Å². The Labute approximate surface area is 164 Å². The molecule has 2 aromatic rings. The first-order valence-electron chi connectivity index (χ1n) is 9.97. The lowest BCUT2D eigenvalue weighted by atomic mass is 9.90. The lowest BCUT2D eigenvalue weighted by Crippen LogP contribution is -2.54. The molecular weight excluding hydrogens is 354 g/mol. The molecule has 2 N–H and O–H groups in total. The van der Waals surface area contributed by atoms with Gasteiger partial charge in [0.2, 0.25) is 0 Å². The molecule has 2 aromatic carbocycles. The van der Waals surface area contributed by atoms with E-state index in [1.807, 2.05) is 24.3 Å². The van der Waals surface area contributed by atoms with Crippen LogP contribution in [0.15, 0.2) is 48.5 Å². The molecule has 0 bridgehead atoms. The van der Waals surface area contributed by atoms with E-state index < -0.39 is 17.6 Å².